The number of nitrogens with zero attached hydrogens (tertiary/aromatic N) is 1. The lowest BCUT2D eigenvalue weighted by Crippen LogP contribution is -2.57. The summed E-state index contributed by atoms with van der Waals surface area (Å²) in [6, 6.07) is 1.80. The molecule has 0 spiro atoms. The van der Waals surface area contributed by atoms with Crippen molar-refractivity contribution >= 4 is 21.8 Å². The van der Waals surface area contributed by atoms with E-state index in [9.17, 15) is 4.79 Å². The molecule has 0 atom stereocenters. The lowest BCUT2D eigenvalue weighted by Gasteiger charge is -2.36. The molecule has 4 nitrogen and oxygen atoms in total. The monoisotopic (exact) mass is 244 g/mol. The van der Waals surface area contributed by atoms with Gasteiger partial charge in [-0.1, -0.05) is 0 Å². The van der Waals surface area contributed by atoms with E-state index >= 15 is 0 Å². The molecule has 1 aliphatic heterocycles. The third-order valence-corrected chi connectivity index (χ3v) is 2.43. The van der Waals surface area contributed by atoms with Gasteiger partial charge in [0, 0.05) is 25.2 Å². The summed E-state index contributed by atoms with van der Waals surface area (Å²) in [5.74, 6) is -0.0175. The van der Waals surface area contributed by atoms with Crippen molar-refractivity contribution in [1.29, 1.82) is 0 Å². The summed E-state index contributed by atoms with van der Waals surface area (Å²) < 4.78 is 5.54. The molecule has 2 N–H and O–H groups in total. The Kier molecular flexibility index (Phi) is 2.13. The predicted octanol–water partition coefficient (Wildman–Crippen LogP) is 0.825. The highest BCUT2D eigenvalue weighted by Crippen LogP contribution is 2.17. The Morgan fingerprint density at radius 2 is 2.38 bits per heavy atom. The van der Waals surface area contributed by atoms with Crippen molar-refractivity contribution in [3.05, 3.63) is 22.6 Å². The maximum atomic E-state index is 11.6. The zero-order chi connectivity index (χ0) is 9.42. The van der Waals surface area contributed by atoms with Gasteiger partial charge < -0.3 is 15.1 Å². The summed E-state index contributed by atoms with van der Waals surface area (Å²) in [5, 5.41) is 0. The van der Waals surface area contributed by atoms with Crippen LogP contribution in [-0.2, 0) is 0 Å². The molecule has 0 radical (unpaired) electrons. The zero-order valence-corrected chi connectivity index (χ0v) is 8.45. The van der Waals surface area contributed by atoms with Gasteiger partial charge in [0.05, 0.1) is 5.56 Å². The number of hydrogen-bond acceptors (Lipinski definition) is 3. The highest BCUT2D eigenvalue weighted by atomic mass is 79.9. The van der Waals surface area contributed by atoms with Crippen LogP contribution in [0.1, 0.15) is 10.4 Å². The number of amides is 1. The predicted molar refractivity (Wildman–Crippen MR) is 50.3 cm³/mol. The van der Waals surface area contributed by atoms with E-state index in [2.05, 4.69) is 15.9 Å². The van der Waals surface area contributed by atoms with E-state index in [0.717, 1.165) is 0 Å². The third kappa shape index (κ3) is 1.62. The van der Waals surface area contributed by atoms with Crippen molar-refractivity contribution in [2.75, 3.05) is 13.1 Å². The van der Waals surface area contributed by atoms with Crippen LogP contribution in [0.4, 0.5) is 0 Å². The van der Waals surface area contributed by atoms with Crippen LogP contribution in [0.3, 0.4) is 0 Å². The maximum absolute atomic E-state index is 11.6. The van der Waals surface area contributed by atoms with Crippen LogP contribution in [0.5, 0.6) is 0 Å². The summed E-state index contributed by atoms with van der Waals surface area (Å²) in [6.45, 7) is 1.28. The number of furan rings is 1. The first-order valence-corrected chi connectivity index (χ1v) is 4.75. The maximum Gasteiger partial charge on any atom is 0.257 e. The first kappa shape index (κ1) is 8.77. The Bertz CT molecular complexity index is 331. The zero-order valence-electron chi connectivity index (χ0n) is 6.87. The van der Waals surface area contributed by atoms with Crippen molar-refractivity contribution in [3.63, 3.8) is 0 Å². The molecule has 1 aliphatic rings. The van der Waals surface area contributed by atoms with E-state index in [1.807, 2.05) is 0 Å². The molecular formula is C8H9BrN2O2. The minimum atomic E-state index is -0.0175. The summed E-state index contributed by atoms with van der Waals surface area (Å²) in [6.07, 6.45) is 1.44. The van der Waals surface area contributed by atoms with Crippen molar-refractivity contribution < 1.29 is 9.21 Å². The van der Waals surface area contributed by atoms with Gasteiger partial charge in [-0.25, -0.2) is 0 Å². The average molecular weight is 245 g/mol. The molecule has 2 rings (SSSR count). The fourth-order valence-corrected chi connectivity index (χ4v) is 1.62. The van der Waals surface area contributed by atoms with E-state index in [4.69, 9.17) is 10.2 Å². The summed E-state index contributed by atoms with van der Waals surface area (Å²) in [5.41, 5.74) is 6.13. The van der Waals surface area contributed by atoms with Crippen LogP contribution in [0, 0.1) is 0 Å². The van der Waals surface area contributed by atoms with Gasteiger partial charge in [0.2, 0.25) is 0 Å². The van der Waals surface area contributed by atoms with Crippen molar-refractivity contribution in [2.24, 2.45) is 5.73 Å². The second-order valence-electron chi connectivity index (χ2n) is 3.11. The molecule has 5 heteroatoms. The van der Waals surface area contributed by atoms with Crippen LogP contribution in [-0.4, -0.2) is 29.9 Å². The van der Waals surface area contributed by atoms with Gasteiger partial charge in [-0.15, -0.1) is 0 Å². The standard InChI is InChI=1S/C8H9BrN2O2/c9-7-1-5(4-13-7)8(12)11-2-6(10)3-11/h1,4,6H,2-3,10H2. The van der Waals surface area contributed by atoms with E-state index in [1.165, 1.54) is 6.26 Å². The van der Waals surface area contributed by atoms with Gasteiger partial charge in [-0.3, -0.25) is 4.79 Å². The van der Waals surface area contributed by atoms with Crippen molar-refractivity contribution in [3.8, 4) is 0 Å². The van der Waals surface area contributed by atoms with E-state index < -0.39 is 0 Å². The Hall–Kier alpha value is -0.810. The first-order chi connectivity index (χ1) is 6.16. The van der Waals surface area contributed by atoms with Gasteiger partial charge in [0.15, 0.2) is 4.67 Å². The fraction of sp³-hybridized carbons (Fsp3) is 0.375. The number of carbonyl (C=O) groups is 1. The molecule has 0 aliphatic carbocycles. The fourth-order valence-electron chi connectivity index (χ4n) is 1.28. The lowest BCUT2D eigenvalue weighted by atomic mass is 10.1. The Morgan fingerprint density at radius 1 is 1.69 bits per heavy atom. The molecule has 1 saturated heterocycles. The molecule has 70 valence electrons. The second kappa shape index (κ2) is 3.16. The van der Waals surface area contributed by atoms with E-state index in [1.54, 1.807) is 11.0 Å². The molecule has 0 bridgehead atoms. The molecule has 0 unspecified atom stereocenters. The van der Waals surface area contributed by atoms with Gasteiger partial charge in [0.1, 0.15) is 6.26 Å². The number of rotatable bonds is 1. The van der Waals surface area contributed by atoms with Gasteiger partial charge >= 0.3 is 0 Å². The number of likely N-dealkylation sites (tertiary alicyclic amines) is 1. The quantitative estimate of drug-likeness (QED) is 0.796. The number of halogens is 1. The Balaban J connectivity index is 2.06. The summed E-state index contributed by atoms with van der Waals surface area (Å²) >= 11 is 3.14. The van der Waals surface area contributed by atoms with Crippen LogP contribution in [0.2, 0.25) is 0 Å². The Labute approximate surface area is 83.8 Å². The summed E-state index contributed by atoms with van der Waals surface area (Å²) in [4.78, 5) is 13.3. The first-order valence-electron chi connectivity index (χ1n) is 3.95. The number of carbonyl (C=O) groups excluding carboxylic acids is 1. The second-order valence-corrected chi connectivity index (χ2v) is 3.89. The Morgan fingerprint density at radius 3 is 2.85 bits per heavy atom. The van der Waals surface area contributed by atoms with Gasteiger partial charge in [0.25, 0.3) is 5.91 Å². The highest BCUT2D eigenvalue weighted by Gasteiger charge is 2.28. The lowest BCUT2D eigenvalue weighted by molar-refractivity contribution is 0.0607. The molecule has 0 aromatic carbocycles. The molecule has 1 aromatic heterocycles. The average Bonchev–Trinajstić information content (AvgIpc) is 2.45. The van der Waals surface area contributed by atoms with Crippen LogP contribution in [0.15, 0.2) is 21.4 Å². The molecule has 0 saturated carbocycles. The molecule has 1 fully saturated rings. The van der Waals surface area contributed by atoms with Crippen molar-refractivity contribution in [1.82, 2.24) is 4.90 Å². The summed E-state index contributed by atoms with van der Waals surface area (Å²) in [7, 11) is 0. The molecule has 1 amide bonds. The molecule has 1 aromatic rings. The normalized spacial score (nSPS) is 17.2. The third-order valence-electron chi connectivity index (χ3n) is 2.01. The largest absolute Gasteiger partial charge is 0.457 e. The van der Waals surface area contributed by atoms with Gasteiger partial charge in [-0.05, 0) is 15.9 Å². The minimum absolute atomic E-state index is 0.0175. The number of nitrogens with two attached hydrogens (primary N) is 1. The van der Waals surface area contributed by atoms with Crippen LogP contribution in [0.25, 0.3) is 0 Å². The van der Waals surface area contributed by atoms with E-state index in [-0.39, 0.29) is 11.9 Å². The van der Waals surface area contributed by atoms with Gasteiger partial charge in [-0.2, -0.15) is 0 Å². The molecular weight excluding hydrogens is 236 g/mol. The van der Waals surface area contributed by atoms with Crippen molar-refractivity contribution in [2.45, 2.75) is 6.04 Å². The van der Waals surface area contributed by atoms with E-state index in [0.29, 0.717) is 23.3 Å². The SMILES string of the molecule is NC1CN(C(=O)c2coc(Br)c2)C1. The smallest absolute Gasteiger partial charge is 0.257 e. The molecule has 13 heavy (non-hydrogen) atoms. The van der Waals surface area contributed by atoms with Crippen LogP contribution >= 0.6 is 15.9 Å². The molecule has 2 heterocycles. The van der Waals surface area contributed by atoms with Crippen LogP contribution < -0.4 is 5.73 Å². The highest BCUT2D eigenvalue weighted by molar-refractivity contribution is 9.10. The topological polar surface area (TPSA) is 59.5 Å². The minimum Gasteiger partial charge on any atom is -0.457 e. The number of hydrogen-bond donors (Lipinski definition) is 1.